The summed E-state index contributed by atoms with van der Waals surface area (Å²) < 4.78 is 0. The summed E-state index contributed by atoms with van der Waals surface area (Å²) >= 11 is 0. The summed E-state index contributed by atoms with van der Waals surface area (Å²) in [6, 6.07) is 0. The highest BCUT2D eigenvalue weighted by Gasteiger charge is 2.61. The molecule has 0 aromatic carbocycles. The molecule has 0 aromatic rings. The summed E-state index contributed by atoms with van der Waals surface area (Å²) in [6.45, 7) is 27.9. The number of β-amino-alcohol motifs (C(OH)–C–C–N with tert-alkyl or cyclic N) is 7. The lowest BCUT2D eigenvalue weighted by Gasteiger charge is -2.69. The second-order valence-electron chi connectivity index (χ2n) is 18.3. The van der Waals surface area contributed by atoms with E-state index in [2.05, 4.69) is 117 Å². The lowest BCUT2D eigenvalue weighted by atomic mass is 9.94. The van der Waals surface area contributed by atoms with Crippen LogP contribution >= 0.6 is 0 Å². The molecule has 2 atom stereocenters. The first-order chi connectivity index (χ1) is 32.6. The van der Waals surface area contributed by atoms with Crippen molar-refractivity contribution in [2.24, 2.45) is 0 Å². The predicted octanol–water partition coefficient (Wildman–Crippen LogP) is -2.71. The first kappa shape index (κ1) is 51.1. The number of likely N-dealkylation sites (N-methyl/N-ethyl adjacent to an activating group) is 5. The van der Waals surface area contributed by atoms with Gasteiger partial charge in [-0.3, -0.25) is 9.80 Å². The number of hydrogen-bond donors (Lipinski definition) is 7. The molecule has 7 aliphatic rings. The standard InChI is InChI=1S/C46H86N14O7/c1-8-48-16-17-49(20-27-62)38-37(48)54(10-3)42-39(56(38)24-31-66)51(22-29-64)35-46(59(42)13-6)36-52(23-30-65)41-44(60(46)14-7)55(11-4)43-40(57(41)25-32-67)50(21-28-63)34-45(58(43)12-5)33-47(19-26-61)15-18-53(45)9-2/h61-67H,8-36H2,1-7H3. The quantitative estimate of drug-likeness (QED) is 0.0630. The second kappa shape index (κ2) is 21.9. The molecule has 21 nitrogen and oxygen atoms in total. The predicted molar refractivity (Wildman–Crippen MR) is 256 cm³/mol. The molecule has 2 unspecified atom stereocenters. The molecule has 0 amide bonds. The van der Waals surface area contributed by atoms with Gasteiger partial charge in [-0.2, -0.15) is 0 Å². The normalized spacial score (nSPS) is 25.3. The minimum atomic E-state index is -0.777. The molecule has 7 aliphatic heterocycles. The third-order valence-electron chi connectivity index (χ3n) is 15.2. The fourth-order valence-electron chi connectivity index (χ4n) is 12.9. The van der Waals surface area contributed by atoms with Gasteiger partial charge in [0.05, 0.1) is 65.9 Å². The number of hydrogen-bond acceptors (Lipinski definition) is 21. The van der Waals surface area contributed by atoms with E-state index in [1.54, 1.807) is 0 Å². The van der Waals surface area contributed by atoms with Crippen LogP contribution in [0.5, 0.6) is 0 Å². The maximum Gasteiger partial charge on any atom is 0.154 e. The lowest BCUT2D eigenvalue weighted by molar-refractivity contribution is -0.156. The van der Waals surface area contributed by atoms with Crippen molar-refractivity contribution in [2.45, 2.75) is 59.8 Å². The van der Waals surface area contributed by atoms with Crippen LogP contribution in [0.4, 0.5) is 0 Å². The molecule has 1 fully saturated rings. The highest BCUT2D eigenvalue weighted by molar-refractivity contribution is 5.40. The van der Waals surface area contributed by atoms with E-state index in [1.165, 1.54) is 0 Å². The largest absolute Gasteiger partial charge is 0.395 e. The maximum absolute atomic E-state index is 11.1. The first-order valence-corrected chi connectivity index (χ1v) is 25.5. The van der Waals surface area contributed by atoms with Crippen LogP contribution in [-0.2, 0) is 0 Å². The van der Waals surface area contributed by atoms with Crippen molar-refractivity contribution < 1.29 is 35.7 Å². The van der Waals surface area contributed by atoms with Crippen LogP contribution in [0.15, 0.2) is 46.6 Å². The van der Waals surface area contributed by atoms with Crippen LogP contribution in [0.3, 0.4) is 0 Å². The minimum Gasteiger partial charge on any atom is -0.395 e. The zero-order valence-corrected chi connectivity index (χ0v) is 41.9. The molecule has 0 bridgehead atoms. The van der Waals surface area contributed by atoms with Crippen LogP contribution in [0.25, 0.3) is 0 Å². The Kier molecular flexibility index (Phi) is 16.7. The average molecular weight is 947 g/mol. The van der Waals surface area contributed by atoms with Gasteiger partial charge in [-0.25, -0.2) is 0 Å². The third kappa shape index (κ3) is 8.26. The molecule has 2 spiro atoms. The van der Waals surface area contributed by atoms with E-state index in [0.29, 0.717) is 105 Å². The van der Waals surface area contributed by atoms with Crippen molar-refractivity contribution in [3.8, 4) is 0 Å². The van der Waals surface area contributed by atoms with Gasteiger partial charge >= 0.3 is 0 Å². The van der Waals surface area contributed by atoms with E-state index in [-0.39, 0.29) is 46.2 Å². The summed E-state index contributed by atoms with van der Waals surface area (Å²) in [5.74, 6) is 7.72. The summed E-state index contributed by atoms with van der Waals surface area (Å²) in [7, 11) is 0. The van der Waals surface area contributed by atoms with E-state index in [4.69, 9.17) is 0 Å². The molecule has 0 aliphatic carbocycles. The minimum absolute atomic E-state index is 0.00679. The van der Waals surface area contributed by atoms with E-state index in [9.17, 15) is 35.7 Å². The van der Waals surface area contributed by atoms with Gasteiger partial charge in [-0.15, -0.1) is 0 Å². The molecule has 0 aromatic heterocycles. The Hall–Kier alpha value is -3.80. The van der Waals surface area contributed by atoms with Crippen molar-refractivity contribution in [1.82, 2.24) is 68.6 Å². The van der Waals surface area contributed by atoms with Gasteiger partial charge in [-0.1, -0.05) is 6.92 Å². The summed E-state index contributed by atoms with van der Waals surface area (Å²) in [6.07, 6.45) is 0. The molecule has 0 radical (unpaired) electrons. The van der Waals surface area contributed by atoms with E-state index >= 15 is 0 Å². The third-order valence-corrected chi connectivity index (χ3v) is 15.2. The molecule has 7 N–H and O–H groups in total. The molecule has 21 heteroatoms. The summed E-state index contributed by atoms with van der Waals surface area (Å²) in [4.78, 5) is 33.5. The van der Waals surface area contributed by atoms with Crippen LogP contribution in [0.1, 0.15) is 48.5 Å². The number of rotatable bonds is 21. The molecule has 382 valence electrons. The Morgan fingerprint density at radius 2 is 0.687 bits per heavy atom. The molecule has 67 heavy (non-hydrogen) atoms. The van der Waals surface area contributed by atoms with E-state index in [1.807, 2.05) is 0 Å². The average Bonchev–Trinajstić information content (AvgIpc) is 3.32. The zero-order chi connectivity index (χ0) is 48.2. The SMILES string of the molecule is CCN1CCN(CCO)C2=C1N(CC)C1=C(N(CCO)CC3(CN(CCO)C4=C(N(CC)C5=C(N(CCO)CC6(CN(CCO)CCN6CC)N5CC)N4CCO)N3CC)N1CC)N2CCO. The smallest absolute Gasteiger partial charge is 0.154 e. The number of aliphatic hydroxyl groups excluding tert-OH is 7. The number of nitrogens with zero attached hydrogens (tertiary/aromatic N) is 14. The molecule has 7 heterocycles. The van der Waals surface area contributed by atoms with Gasteiger partial charge in [0, 0.05) is 118 Å². The van der Waals surface area contributed by atoms with Gasteiger partial charge in [0.25, 0.3) is 0 Å². The first-order valence-electron chi connectivity index (χ1n) is 25.5. The highest BCUT2D eigenvalue weighted by Crippen LogP contribution is 2.52. The monoisotopic (exact) mass is 947 g/mol. The Balaban J connectivity index is 1.49. The van der Waals surface area contributed by atoms with Gasteiger partial charge in [0.2, 0.25) is 0 Å². The Morgan fingerprint density at radius 1 is 0.313 bits per heavy atom. The lowest BCUT2D eigenvalue weighted by Crippen LogP contribution is -2.80. The Morgan fingerprint density at radius 3 is 1.09 bits per heavy atom. The van der Waals surface area contributed by atoms with Crippen molar-refractivity contribution in [1.29, 1.82) is 0 Å². The Bertz CT molecular complexity index is 1820. The van der Waals surface area contributed by atoms with Crippen LogP contribution in [0, 0.1) is 0 Å². The van der Waals surface area contributed by atoms with Gasteiger partial charge in [0.1, 0.15) is 5.66 Å². The topological polar surface area (TPSA) is 187 Å². The molecule has 7 rings (SSSR count). The fraction of sp³-hybridized carbons (Fsp3) is 0.826. The molecular formula is C46H86N14O7. The van der Waals surface area contributed by atoms with Crippen molar-refractivity contribution in [3.63, 3.8) is 0 Å². The summed E-state index contributed by atoms with van der Waals surface area (Å²) in [5, 5.41) is 75.5. The molecule has 1 saturated heterocycles. The van der Waals surface area contributed by atoms with Crippen LogP contribution in [-0.4, -0.2) is 306 Å². The van der Waals surface area contributed by atoms with Crippen molar-refractivity contribution in [3.05, 3.63) is 46.6 Å². The second-order valence-corrected chi connectivity index (χ2v) is 18.3. The molecule has 0 saturated carbocycles. The van der Waals surface area contributed by atoms with Gasteiger partial charge < -0.3 is 94.5 Å². The highest BCUT2D eigenvalue weighted by atomic mass is 16.3. The Labute approximate surface area is 400 Å². The van der Waals surface area contributed by atoms with Crippen molar-refractivity contribution in [2.75, 3.05) is 190 Å². The van der Waals surface area contributed by atoms with Crippen LogP contribution in [0.2, 0.25) is 0 Å². The van der Waals surface area contributed by atoms with Gasteiger partial charge in [0.15, 0.2) is 52.2 Å². The molecular weight excluding hydrogens is 861 g/mol. The van der Waals surface area contributed by atoms with Crippen LogP contribution < -0.4 is 0 Å². The fourth-order valence-corrected chi connectivity index (χ4v) is 12.9. The van der Waals surface area contributed by atoms with E-state index in [0.717, 1.165) is 85.8 Å². The zero-order valence-electron chi connectivity index (χ0n) is 41.9. The van der Waals surface area contributed by atoms with Crippen molar-refractivity contribution >= 4 is 0 Å². The maximum atomic E-state index is 11.1. The summed E-state index contributed by atoms with van der Waals surface area (Å²) in [5.41, 5.74) is -1.28. The van der Waals surface area contributed by atoms with E-state index < -0.39 is 11.3 Å². The number of aliphatic hydroxyl groups is 7. The number of piperazine rings is 1. The van der Waals surface area contributed by atoms with Gasteiger partial charge in [-0.05, 0) is 48.1 Å².